The van der Waals surface area contributed by atoms with E-state index in [1.807, 2.05) is 0 Å². The summed E-state index contributed by atoms with van der Waals surface area (Å²) in [4.78, 5) is 11.3. The summed E-state index contributed by atoms with van der Waals surface area (Å²) in [5.41, 5.74) is 0. The highest BCUT2D eigenvalue weighted by molar-refractivity contribution is 5.86. The molecule has 1 aliphatic rings. The van der Waals surface area contributed by atoms with Crippen molar-refractivity contribution >= 4 is 12.0 Å². The Morgan fingerprint density at radius 2 is 2.56 bits per heavy atom. The number of ether oxygens (including phenoxy) is 2. The molecule has 86 valence electrons. The molecule has 0 radical (unpaired) electrons. The second kappa shape index (κ2) is 5.51. The van der Waals surface area contributed by atoms with Gasteiger partial charge in [0.1, 0.15) is 12.4 Å². The quantitative estimate of drug-likeness (QED) is 0.577. The molecule has 1 fully saturated rings. The third-order valence-corrected chi connectivity index (χ3v) is 2.36. The third-order valence-electron chi connectivity index (χ3n) is 2.36. The van der Waals surface area contributed by atoms with Crippen LogP contribution in [-0.4, -0.2) is 25.3 Å². The molecule has 0 saturated carbocycles. The maximum Gasteiger partial charge on any atom is 0.330 e. The standard InChI is InChI=1S/C12H14O4/c13-12(6-5-10-3-1-7-14-10)16-9-11-4-2-8-15-11/h1,3,5-7,11H,2,4,8-9H2. The fourth-order valence-corrected chi connectivity index (χ4v) is 1.54. The predicted octanol–water partition coefficient (Wildman–Crippen LogP) is 2.01. The highest BCUT2D eigenvalue weighted by Crippen LogP contribution is 2.12. The molecule has 0 aromatic carbocycles. The first-order chi connectivity index (χ1) is 7.84. The van der Waals surface area contributed by atoms with E-state index in [1.165, 1.54) is 6.08 Å². The van der Waals surface area contributed by atoms with Crippen LogP contribution in [0.15, 0.2) is 28.9 Å². The van der Waals surface area contributed by atoms with Crippen molar-refractivity contribution in [3.05, 3.63) is 30.2 Å². The molecule has 1 atom stereocenters. The molecule has 1 unspecified atom stereocenters. The van der Waals surface area contributed by atoms with Gasteiger partial charge in [-0.15, -0.1) is 0 Å². The molecule has 0 amide bonds. The van der Waals surface area contributed by atoms with Crippen LogP contribution < -0.4 is 0 Å². The number of rotatable bonds is 4. The smallest absolute Gasteiger partial charge is 0.330 e. The largest absolute Gasteiger partial charge is 0.465 e. The Balaban J connectivity index is 1.71. The predicted molar refractivity (Wildman–Crippen MR) is 57.7 cm³/mol. The van der Waals surface area contributed by atoms with Crippen LogP contribution in [0.5, 0.6) is 0 Å². The topological polar surface area (TPSA) is 48.7 Å². The summed E-state index contributed by atoms with van der Waals surface area (Å²) in [6.45, 7) is 1.10. The first kappa shape index (κ1) is 11.0. The minimum atomic E-state index is -0.369. The van der Waals surface area contributed by atoms with Crippen molar-refractivity contribution in [1.29, 1.82) is 0 Å². The highest BCUT2D eigenvalue weighted by Gasteiger charge is 2.16. The summed E-state index contributed by atoms with van der Waals surface area (Å²) in [5.74, 6) is 0.265. The molecular formula is C12H14O4. The molecule has 1 saturated heterocycles. The van der Waals surface area contributed by atoms with Crippen LogP contribution in [0.2, 0.25) is 0 Å². The fourth-order valence-electron chi connectivity index (χ4n) is 1.54. The Labute approximate surface area is 93.8 Å². The van der Waals surface area contributed by atoms with Gasteiger partial charge in [-0.3, -0.25) is 0 Å². The van der Waals surface area contributed by atoms with E-state index in [0.29, 0.717) is 12.4 Å². The van der Waals surface area contributed by atoms with Crippen LogP contribution in [0.3, 0.4) is 0 Å². The second-order valence-corrected chi connectivity index (χ2v) is 3.61. The van der Waals surface area contributed by atoms with Crippen molar-refractivity contribution in [3.63, 3.8) is 0 Å². The van der Waals surface area contributed by atoms with E-state index in [-0.39, 0.29) is 12.1 Å². The van der Waals surface area contributed by atoms with Crippen molar-refractivity contribution in [3.8, 4) is 0 Å². The lowest BCUT2D eigenvalue weighted by molar-refractivity contribution is -0.140. The van der Waals surface area contributed by atoms with Gasteiger partial charge in [-0.25, -0.2) is 4.79 Å². The van der Waals surface area contributed by atoms with Crippen LogP contribution in [0.1, 0.15) is 18.6 Å². The number of carbonyl (C=O) groups excluding carboxylic acids is 1. The van der Waals surface area contributed by atoms with Crippen molar-refractivity contribution in [1.82, 2.24) is 0 Å². The van der Waals surface area contributed by atoms with E-state index < -0.39 is 0 Å². The van der Waals surface area contributed by atoms with Gasteiger partial charge in [-0.1, -0.05) is 0 Å². The van der Waals surface area contributed by atoms with Gasteiger partial charge >= 0.3 is 5.97 Å². The minimum Gasteiger partial charge on any atom is -0.465 e. The van der Waals surface area contributed by atoms with Gasteiger partial charge in [0.2, 0.25) is 0 Å². The molecule has 16 heavy (non-hydrogen) atoms. The molecule has 0 aliphatic carbocycles. The average Bonchev–Trinajstić information content (AvgIpc) is 2.96. The van der Waals surface area contributed by atoms with Gasteiger partial charge in [0, 0.05) is 12.7 Å². The summed E-state index contributed by atoms with van der Waals surface area (Å²) in [7, 11) is 0. The van der Waals surface area contributed by atoms with Gasteiger partial charge in [0.15, 0.2) is 0 Å². The first-order valence-corrected chi connectivity index (χ1v) is 5.34. The van der Waals surface area contributed by atoms with Gasteiger partial charge in [0.05, 0.1) is 12.4 Å². The molecule has 1 aliphatic heterocycles. The number of esters is 1. The van der Waals surface area contributed by atoms with Crippen LogP contribution >= 0.6 is 0 Å². The van der Waals surface area contributed by atoms with Gasteiger partial charge in [-0.2, -0.15) is 0 Å². The Kier molecular flexibility index (Phi) is 3.77. The zero-order chi connectivity index (χ0) is 11.2. The maximum atomic E-state index is 11.3. The summed E-state index contributed by atoms with van der Waals surface area (Å²) in [5, 5.41) is 0. The average molecular weight is 222 g/mol. The summed E-state index contributed by atoms with van der Waals surface area (Å²) < 4.78 is 15.4. The van der Waals surface area contributed by atoms with E-state index in [4.69, 9.17) is 13.9 Å². The van der Waals surface area contributed by atoms with E-state index in [9.17, 15) is 4.79 Å². The van der Waals surface area contributed by atoms with Crippen LogP contribution in [0.25, 0.3) is 6.08 Å². The highest BCUT2D eigenvalue weighted by atomic mass is 16.6. The molecule has 2 heterocycles. The number of hydrogen-bond donors (Lipinski definition) is 0. The van der Waals surface area contributed by atoms with Gasteiger partial charge in [-0.05, 0) is 31.1 Å². The molecule has 2 rings (SSSR count). The van der Waals surface area contributed by atoms with Crippen LogP contribution in [0.4, 0.5) is 0 Å². The van der Waals surface area contributed by atoms with Crippen LogP contribution in [0, 0.1) is 0 Å². The van der Waals surface area contributed by atoms with E-state index >= 15 is 0 Å². The van der Waals surface area contributed by atoms with E-state index in [1.54, 1.807) is 24.5 Å². The monoisotopic (exact) mass is 222 g/mol. The second-order valence-electron chi connectivity index (χ2n) is 3.61. The Morgan fingerprint density at radius 1 is 1.62 bits per heavy atom. The zero-order valence-electron chi connectivity index (χ0n) is 8.93. The summed E-state index contributed by atoms with van der Waals surface area (Å²) in [6.07, 6.45) is 6.57. The van der Waals surface area contributed by atoms with E-state index in [0.717, 1.165) is 19.4 Å². The van der Waals surface area contributed by atoms with Crippen molar-refractivity contribution < 1.29 is 18.7 Å². The van der Waals surface area contributed by atoms with Crippen molar-refractivity contribution in [2.45, 2.75) is 18.9 Å². The normalized spacial score (nSPS) is 20.4. The van der Waals surface area contributed by atoms with E-state index in [2.05, 4.69) is 0 Å². The number of furan rings is 1. The fraction of sp³-hybridized carbons (Fsp3) is 0.417. The SMILES string of the molecule is O=C(C=Cc1ccco1)OCC1CCCO1. The molecule has 1 aromatic rings. The van der Waals surface area contributed by atoms with Crippen LogP contribution in [-0.2, 0) is 14.3 Å². The molecule has 4 heteroatoms. The lowest BCUT2D eigenvalue weighted by atomic mass is 10.2. The number of carbonyl (C=O) groups is 1. The van der Waals surface area contributed by atoms with Gasteiger partial charge in [0.25, 0.3) is 0 Å². The molecular weight excluding hydrogens is 208 g/mol. The first-order valence-electron chi connectivity index (χ1n) is 5.34. The lowest BCUT2D eigenvalue weighted by Crippen LogP contribution is -2.16. The molecule has 0 N–H and O–H groups in total. The minimum absolute atomic E-state index is 0.0703. The Hall–Kier alpha value is -1.55. The Bertz CT molecular complexity index is 347. The molecule has 4 nitrogen and oxygen atoms in total. The molecule has 0 bridgehead atoms. The summed E-state index contributed by atoms with van der Waals surface area (Å²) >= 11 is 0. The maximum absolute atomic E-state index is 11.3. The number of hydrogen-bond acceptors (Lipinski definition) is 4. The lowest BCUT2D eigenvalue weighted by Gasteiger charge is -2.08. The van der Waals surface area contributed by atoms with Crippen molar-refractivity contribution in [2.75, 3.05) is 13.2 Å². The summed E-state index contributed by atoms with van der Waals surface area (Å²) in [6, 6.07) is 3.53. The molecule has 0 spiro atoms. The van der Waals surface area contributed by atoms with Crippen molar-refractivity contribution in [2.24, 2.45) is 0 Å². The Morgan fingerprint density at radius 3 is 3.25 bits per heavy atom. The zero-order valence-corrected chi connectivity index (χ0v) is 8.93. The molecule has 1 aromatic heterocycles. The third kappa shape index (κ3) is 3.24. The van der Waals surface area contributed by atoms with Gasteiger partial charge < -0.3 is 13.9 Å².